The van der Waals surface area contributed by atoms with E-state index in [1.807, 2.05) is 39.0 Å². The molecule has 2 rings (SSSR count). The van der Waals surface area contributed by atoms with E-state index in [0.29, 0.717) is 21.9 Å². The van der Waals surface area contributed by atoms with Gasteiger partial charge in [0.25, 0.3) is 5.91 Å². The first-order chi connectivity index (χ1) is 9.32. The minimum absolute atomic E-state index is 0.136. The van der Waals surface area contributed by atoms with Crippen LogP contribution in [0, 0.1) is 0 Å². The SMILES string of the molecule is CN(C(=O)c1snnc1C(C)(C)C)c1ccccc1N. The summed E-state index contributed by atoms with van der Waals surface area (Å²) in [5.74, 6) is -0.136. The average Bonchev–Trinajstić information content (AvgIpc) is 2.86. The molecule has 0 atom stereocenters. The van der Waals surface area contributed by atoms with E-state index in [-0.39, 0.29) is 11.3 Å². The molecule has 0 fully saturated rings. The summed E-state index contributed by atoms with van der Waals surface area (Å²) in [5.41, 5.74) is 7.66. The first-order valence-electron chi connectivity index (χ1n) is 6.27. The van der Waals surface area contributed by atoms with Crippen LogP contribution in [0.5, 0.6) is 0 Å². The van der Waals surface area contributed by atoms with Gasteiger partial charge in [0.2, 0.25) is 0 Å². The lowest BCUT2D eigenvalue weighted by Crippen LogP contribution is -2.29. The van der Waals surface area contributed by atoms with E-state index in [1.54, 1.807) is 18.0 Å². The van der Waals surface area contributed by atoms with E-state index >= 15 is 0 Å². The fourth-order valence-corrected chi connectivity index (χ4v) is 2.73. The molecule has 0 bridgehead atoms. The van der Waals surface area contributed by atoms with Crippen LogP contribution in [0.15, 0.2) is 24.3 Å². The van der Waals surface area contributed by atoms with Crippen LogP contribution in [0.1, 0.15) is 36.1 Å². The van der Waals surface area contributed by atoms with E-state index in [4.69, 9.17) is 5.73 Å². The number of nitrogen functional groups attached to an aromatic ring is 1. The highest BCUT2D eigenvalue weighted by Crippen LogP contribution is 2.29. The molecule has 0 unspecified atom stereocenters. The summed E-state index contributed by atoms with van der Waals surface area (Å²) in [4.78, 5) is 14.7. The lowest BCUT2D eigenvalue weighted by atomic mass is 9.91. The first-order valence-corrected chi connectivity index (χ1v) is 7.05. The number of hydrogen-bond acceptors (Lipinski definition) is 5. The predicted molar refractivity (Wildman–Crippen MR) is 82.2 cm³/mol. The number of para-hydroxylation sites is 2. The van der Waals surface area contributed by atoms with Gasteiger partial charge in [0.15, 0.2) is 0 Å². The van der Waals surface area contributed by atoms with E-state index in [1.165, 1.54) is 0 Å². The lowest BCUT2D eigenvalue weighted by molar-refractivity contribution is 0.0994. The third-order valence-electron chi connectivity index (χ3n) is 3.00. The van der Waals surface area contributed by atoms with Crippen molar-refractivity contribution in [1.82, 2.24) is 9.59 Å². The highest BCUT2D eigenvalue weighted by molar-refractivity contribution is 7.08. The van der Waals surface area contributed by atoms with Crippen LogP contribution in [-0.4, -0.2) is 22.5 Å². The second-order valence-electron chi connectivity index (χ2n) is 5.62. The topological polar surface area (TPSA) is 72.1 Å². The molecule has 20 heavy (non-hydrogen) atoms. The van der Waals surface area contributed by atoms with Gasteiger partial charge >= 0.3 is 0 Å². The van der Waals surface area contributed by atoms with Crippen molar-refractivity contribution >= 4 is 28.8 Å². The van der Waals surface area contributed by atoms with Crippen molar-refractivity contribution < 1.29 is 4.79 Å². The Hall–Kier alpha value is -1.95. The third kappa shape index (κ3) is 2.65. The number of rotatable bonds is 2. The van der Waals surface area contributed by atoms with Gasteiger partial charge in [0.05, 0.1) is 17.1 Å². The van der Waals surface area contributed by atoms with E-state index < -0.39 is 0 Å². The minimum atomic E-state index is -0.221. The van der Waals surface area contributed by atoms with Gasteiger partial charge in [0.1, 0.15) is 4.88 Å². The Morgan fingerprint density at radius 2 is 1.95 bits per heavy atom. The molecule has 6 heteroatoms. The Morgan fingerprint density at radius 1 is 1.30 bits per heavy atom. The highest BCUT2D eigenvalue weighted by Gasteiger charge is 2.28. The number of nitrogens with two attached hydrogens (primary N) is 1. The van der Waals surface area contributed by atoms with Crippen LogP contribution < -0.4 is 10.6 Å². The Bertz CT molecular complexity index is 630. The molecule has 0 saturated carbocycles. The summed E-state index contributed by atoms with van der Waals surface area (Å²) in [7, 11) is 1.71. The van der Waals surface area contributed by atoms with Gasteiger partial charge in [-0.15, -0.1) is 5.10 Å². The summed E-state index contributed by atoms with van der Waals surface area (Å²) in [6.07, 6.45) is 0. The molecule has 5 nitrogen and oxygen atoms in total. The van der Waals surface area contributed by atoms with Crippen LogP contribution >= 0.6 is 11.5 Å². The average molecular weight is 290 g/mol. The van der Waals surface area contributed by atoms with Gasteiger partial charge in [-0.05, 0) is 23.7 Å². The lowest BCUT2D eigenvalue weighted by Gasteiger charge is -2.21. The Labute approximate surface area is 122 Å². The monoisotopic (exact) mass is 290 g/mol. The molecule has 1 amide bonds. The van der Waals surface area contributed by atoms with Crippen molar-refractivity contribution in [2.45, 2.75) is 26.2 Å². The number of nitrogens with zero attached hydrogens (tertiary/aromatic N) is 3. The van der Waals surface area contributed by atoms with Crippen LogP contribution in [0.3, 0.4) is 0 Å². The Morgan fingerprint density at radius 3 is 2.55 bits per heavy atom. The fourth-order valence-electron chi connectivity index (χ4n) is 1.88. The largest absolute Gasteiger partial charge is 0.397 e. The predicted octanol–water partition coefficient (Wildman–Crippen LogP) is 2.69. The number of hydrogen-bond donors (Lipinski definition) is 1. The van der Waals surface area contributed by atoms with Crippen molar-refractivity contribution in [3.63, 3.8) is 0 Å². The fraction of sp³-hybridized carbons (Fsp3) is 0.357. The molecule has 1 aromatic heterocycles. The van der Waals surface area contributed by atoms with E-state index in [9.17, 15) is 4.79 Å². The number of carbonyl (C=O) groups excluding carboxylic acids is 1. The van der Waals surface area contributed by atoms with Crippen molar-refractivity contribution in [1.29, 1.82) is 0 Å². The summed E-state index contributed by atoms with van der Waals surface area (Å²) in [6, 6.07) is 7.28. The summed E-state index contributed by atoms with van der Waals surface area (Å²) in [6.45, 7) is 6.03. The molecule has 0 aliphatic rings. The smallest absolute Gasteiger partial charge is 0.271 e. The summed E-state index contributed by atoms with van der Waals surface area (Å²) in [5, 5.41) is 4.10. The maximum Gasteiger partial charge on any atom is 0.271 e. The van der Waals surface area contributed by atoms with E-state index in [2.05, 4.69) is 9.59 Å². The molecular weight excluding hydrogens is 272 g/mol. The quantitative estimate of drug-likeness (QED) is 0.863. The van der Waals surface area contributed by atoms with Crippen molar-refractivity contribution in [2.24, 2.45) is 0 Å². The number of carbonyl (C=O) groups is 1. The molecule has 106 valence electrons. The van der Waals surface area contributed by atoms with Crippen LogP contribution in [0.25, 0.3) is 0 Å². The maximum absolute atomic E-state index is 12.6. The zero-order valence-electron chi connectivity index (χ0n) is 12.0. The number of aromatic nitrogens is 2. The standard InChI is InChI=1S/C14H18N4OS/c1-14(2,3)12-11(20-17-16-12)13(19)18(4)10-8-6-5-7-9(10)15/h5-8H,15H2,1-4H3. The summed E-state index contributed by atoms with van der Waals surface area (Å²) < 4.78 is 3.92. The molecule has 0 aliphatic heterocycles. The number of benzene rings is 1. The molecule has 2 N–H and O–H groups in total. The molecule has 0 aliphatic carbocycles. The Kier molecular flexibility index (Phi) is 3.76. The second-order valence-corrected chi connectivity index (χ2v) is 6.38. The molecule has 0 spiro atoms. The third-order valence-corrected chi connectivity index (χ3v) is 3.71. The van der Waals surface area contributed by atoms with Gasteiger partial charge in [-0.2, -0.15) is 0 Å². The Balaban J connectivity index is 2.38. The highest BCUT2D eigenvalue weighted by atomic mass is 32.1. The molecule has 0 radical (unpaired) electrons. The van der Waals surface area contributed by atoms with Crippen LogP contribution in [-0.2, 0) is 5.41 Å². The maximum atomic E-state index is 12.6. The molecule has 0 saturated heterocycles. The number of anilines is 2. The van der Waals surface area contributed by atoms with E-state index in [0.717, 1.165) is 11.5 Å². The molecule has 2 aromatic rings. The van der Waals surface area contributed by atoms with Crippen molar-refractivity contribution in [3.05, 3.63) is 34.8 Å². The van der Waals surface area contributed by atoms with Crippen LogP contribution in [0.4, 0.5) is 11.4 Å². The van der Waals surface area contributed by atoms with Gasteiger partial charge in [-0.3, -0.25) is 4.79 Å². The summed E-state index contributed by atoms with van der Waals surface area (Å²) >= 11 is 1.12. The number of amides is 1. The molecule has 1 heterocycles. The zero-order chi connectivity index (χ0) is 14.9. The van der Waals surface area contributed by atoms with Crippen molar-refractivity contribution in [3.8, 4) is 0 Å². The zero-order valence-corrected chi connectivity index (χ0v) is 12.9. The van der Waals surface area contributed by atoms with Gasteiger partial charge < -0.3 is 10.6 Å². The first kappa shape index (κ1) is 14.5. The van der Waals surface area contributed by atoms with Gasteiger partial charge in [-0.1, -0.05) is 37.4 Å². The van der Waals surface area contributed by atoms with Crippen molar-refractivity contribution in [2.75, 3.05) is 17.7 Å². The molecular formula is C14H18N4OS. The molecule has 1 aromatic carbocycles. The second kappa shape index (κ2) is 5.20. The van der Waals surface area contributed by atoms with Gasteiger partial charge in [-0.25, -0.2) is 0 Å². The minimum Gasteiger partial charge on any atom is -0.397 e. The van der Waals surface area contributed by atoms with Crippen LogP contribution in [0.2, 0.25) is 0 Å². The normalized spacial score (nSPS) is 11.4. The van der Waals surface area contributed by atoms with Gasteiger partial charge in [0, 0.05) is 12.5 Å².